The number of aromatic hydroxyl groups is 1. The zero-order valence-corrected chi connectivity index (χ0v) is 16.7. The molecule has 4 atom stereocenters. The molecular formula is C22H16BrNO5. The molecule has 0 spiro atoms. The molecule has 7 heteroatoms. The number of hydrogen-bond donors (Lipinski definition) is 2. The van der Waals surface area contributed by atoms with Crippen LogP contribution in [0.5, 0.6) is 5.75 Å². The molecule has 0 saturated carbocycles. The Balaban J connectivity index is 1.71. The Hall–Kier alpha value is -2.80. The van der Waals surface area contributed by atoms with Crippen molar-refractivity contribution in [2.24, 2.45) is 17.8 Å². The summed E-state index contributed by atoms with van der Waals surface area (Å²) in [6.07, 6.45) is 3.93. The molecule has 1 aromatic carbocycles. The molecule has 1 heterocycles. The van der Waals surface area contributed by atoms with Gasteiger partial charge in [0.15, 0.2) is 11.6 Å². The number of nitrogens with one attached hydrogen (secondary N) is 1. The van der Waals surface area contributed by atoms with Crippen molar-refractivity contribution in [1.29, 1.82) is 0 Å². The van der Waals surface area contributed by atoms with Gasteiger partial charge in [-0.05, 0) is 52.4 Å². The second-order valence-electron chi connectivity index (χ2n) is 7.84. The largest absolute Gasteiger partial charge is 0.508 e. The molecule has 2 N–H and O–H groups in total. The first kappa shape index (κ1) is 18.2. The topological polar surface area (TPSA) is 101 Å². The minimum Gasteiger partial charge on any atom is -0.508 e. The fourth-order valence-corrected chi connectivity index (χ4v) is 5.61. The van der Waals surface area contributed by atoms with Gasteiger partial charge in [-0.1, -0.05) is 23.8 Å². The predicted molar refractivity (Wildman–Crippen MR) is 106 cm³/mol. The number of phenols is 1. The molecule has 0 bridgehead atoms. The summed E-state index contributed by atoms with van der Waals surface area (Å²) < 4.78 is 0.206. The Morgan fingerprint density at radius 3 is 2.45 bits per heavy atom. The lowest BCUT2D eigenvalue weighted by Crippen LogP contribution is -2.39. The third-order valence-electron chi connectivity index (χ3n) is 6.40. The Morgan fingerprint density at radius 1 is 1.00 bits per heavy atom. The van der Waals surface area contributed by atoms with Gasteiger partial charge in [0.1, 0.15) is 5.75 Å². The molecule has 1 fully saturated rings. The van der Waals surface area contributed by atoms with Crippen LogP contribution in [0.4, 0.5) is 0 Å². The van der Waals surface area contributed by atoms with Crippen LogP contribution in [0.25, 0.3) is 0 Å². The van der Waals surface area contributed by atoms with Gasteiger partial charge in [-0.3, -0.25) is 24.5 Å². The number of hydrogen-bond acceptors (Lipinski definition) is 5. The molecule has 1 aliphatic heterocycles. The number of fused-ring (bicyclic) bond motifs is 3. The first-order valence-corrected chi connectivity index (χ1v) is 10.2. The molecule has 3 aliphatic carbocycles. The van der Waals surface area contributed by atoms with E-state index in [1.807, 2.05) is 6.08 Å². The van der Waals surface area contributed by atoms with E-state index in [-0.39, 0.29) is 46.0 Å². The van der Waals surface area contributed by atoms with Crippen molar-refractivity contribution in [2.45, 2.75) is 18.8 Å². The number of halogens is 1. The molecule has 1 saturated heterocycles. The molecule has 4 aliphatic rings. The van der Waals surface area contributed by atoms with Crippen LogP contribution < -0.4 is 5.32 Å². The van der Waals surface area contributed by atoms with Gasteiger partial charge < -0.3 is 5.11 Å². The van der Waals surface area contributed by atoms with Crippen LogP contribution in [0.15, 0.2) is 57.6 Å². The van der Waals surface area contributed by atoms with E-state index in [1.54, 1.807) is 12.1 Å². The summed E-state index contributed by atoms with van der Waals surface area (Å²) in [4.78, 5) is 50.6. The quantitative estimate of drug-likeness (QED) is 0.386. The highest BCUT2D eigenvalue weighted by atomic mass is 79.9. The van der Waals surface area contributed by atoms with Crippen LogP contribution in [0.3, 0.4) is 0 Å². The van der Waals surface area contributed by atoms with Crippen molar-refractivity contribution < 1.29 is 24.3 Å². The van der Waals surface area contributed by atoms with Gasteiger partial charge in [0, 0.05) is 23.1 Å². The van der Waals surface area contributed by atoms with Crippen LogP contribution in [-0.2, 0) is 19.2 Å². The number of benzene rings is 1. The Bertz CT molecular complexity index is 1090. The number of carbonyl (C=O) groups excluding carboxylic acids is 4. The number of phenolic OH excluding ortho intramolecular Hbond substituents is 1. The summed E-state index contributed by atoms with van der Waals surface area (Å²) in [6.45, 7) is 0. The van der Waals surface area contributed by atoms with Crippen LogP contribution in [-0.4, -0.2) is 28.5 Å². The first-order valence-electron chi connectivity index (χ1n) is 9.39. The molecule has 2 amide bonds. The van der Waals surface area contributed by atoms with E-state index < -0.39 is 17.8 Å². The Kier molecular flexibility index (Phi) is 4.00. The van der Waals surface area contributed by atoms with E-state index in [1.165, 1.54) is 18.2 Å². The maximum Gasteiger partial charge on any atom is 0.231 e. The molecular weight excluding hydrogens is 438 g/mol. The minimum absolute atomic E-state index is 0.0995. The third-order valence-corrected chi connectivity index (χ3v) is 6.99. The summed E-state index contributed by atoms with van der Waals surface area (Å²) >= 11 is 3.18. The van der Waals surface area contributed by atoms with Crippen molar-refractivity contribution in [3.8, 4) is 5.75 Å². The Labute approximate surface area is 174 Å². The molecule has 5 rings (SSSR count). The monoisotopic (exact) mass is 453 g/mol. The maximum absolute atomic E-state index is 12.9. The SMILES string of the molecule is O=C1C=C(Br)C(=O)C2=C1C(c1ccc(O)cc1)C1=CCC3C(=O)NC(=O)C3C1C2. The molecule has 4 unspecified atom stereocenters. The van der Waals surface area contributed by atoms with Crippen molar-refractivity contribution >= 4 is 39.3 Å². The number of Topliss-reactive ketones (excluding diaryl/α,β-unsaturated/α-hetero) is 1. The highest BCUT2D eigenvalue weighted by molar-refractivity contribution is 9.12. The maximum atomic E-state index is 12.9. The van der Waals surface area contributed by atoms with E-state index in [2.05, 4.69) is 21.2 Å². The number of imide groups is 1. The summed E-state index contributed by atoms with van der Waals surface area (Å²) in [5.41, 5.74) is 2.49. The smallest absolute Gasteiger partial charge is 0.231 e. The second kappa shape index (κ2) is 6.35. The Morgan fingerprint density at radius 2 is 1.72 bits per heavy atom. The van der Waals surface area contributed by atoms with E-state index in [0.717, 1.165) is 11.1 Å². The van der Waals surface area contributed by atoms with E-state index in [9.17, 15) is 24.3 Å². The number of ketones is 2. The van der Waals surface area contributed by atoms with Crippen molar-refractivity contribution in [2.75, 3.05) is 0 Å². The lowest BCUT2D eigenvalue weighted by Gasteiger charge is -2.42. The number of amides is 2. The fourth-order valence-electron chi connectivity index (χ4n) is 5.16. The number of allylic oxidation sites excluding steroid dienone is 6. The summed E-state index contributed by atoms with van der Waals surface area (Å²) in [7, 11) is 0. The standard InChI is InChI=1S/C22H16BrNO5/c23-15-8-16(26)19-14(20(15)27)7-13-11(17(19)9-1-3-10(25)4-2-9)5-6-12-18(13)22(29)24-21(12)28/h1-5,8,12-13,17-18,25H,6-7H2,(H,24,28,29). The average molecular weight is 454 g/mol. The van der Waals surface area contributed by atoms with Gasteiger partial charge in [0.25, 0.3) is 0 Å². The van der Waals surface area contributed by atoms with E-state index in [0.29, 0.717) is 17.6 Å². The lowest BCUT2D eigenvalue weighted by atomic mass is 9.59. The molecule has 1 aromatic rings. The molecule has 29 heavy (non-hydrogen) atoms. The van der Waals surface area contributed by atoms with Gasteiger partial charge in [-0.2, -0.15) is 0 Å². The summed E-state index contributed by atoms with van der Waals surface area (Å²) in [5, 5.41) is 12.1. The number of rotatable bonds is 1. The predicted octanol–water partition coefficient (Wildman–Crippen LogP) is 2.44. The van der Waals surface area contributed by atoms with E-state index >= 15 is 0 Å². The highest BCUT2D eigenvalue weighted by Gasteiger charge is 2.53. The van der Waals surface area contributed by atoms with Gasteiger partial charge in [-0.15, -0.1) is 0 Å². The average Bonchev–Trinajstić information content (AvgIpc) is 2.99. The molecule has 146 valence electrons. The third kappa shape index (κ3) is 2.60. The van der Waals surface area contributed by atoms with Crippen molar-refractivity contribution in [1.82, 2.24) is 5.32 Å². The molecule has 0 radical (unpaired) electrons. The normalized spacial score (nSPS) is 30.9. The van der Waals surface area contributed by atoms with Crippen molar-refractivity contribution in [3.05, 3.63) is 63.2 Å². The molecule has 6 nitrogen and oxygen atoms in total. The first-order chi connectivity index (χ1) is 13.9. The van der Waals surface area contributed by atoms with Crippen molar-refractivity contribution in [3.63, 3.8) is 0 Å². The zero-order chi connectivity index (χ0) is 20.4. The van der Waals surface area contributed by atoms with Crippen LogP contribution in [0.1, 0.15) is 24.3 Å². The summed E-state index contributed by atoms with van der Waals surface area (Å²) in [5.74, 6) is -2.77. The van der Waals surface area contributed by atoms with Gasteiger partial charge in [-0.25, -0.2) is 0 Å². The second-order valence-corrected chi connectivity index (χ2v) is 8.69. The lowest BCUT2D eigenvalue weighted by molar-refractivity contribution is -0.126. The number of carbonyl (C=O) groups is 4. The highest BCUT2D eigenvalue weighted by Crippen LogP contribution is 2.54. The summed E-state index contributed by atoms with van der Waals surface area (Å²) in [6, 6.07) is 6.53. The van der Waals surface area contributed by atoms with Crippen LogP contribution >= 0.6 is 15.9 Å². The van der Waals surface area contributed by atoms with Gasteiger partial charge in [0.2, 0.25) is 11.8 Å². The van der Waals surface area contributed by atoms with E-state index in [4.69, 9.17) is 0 Å². The van der Waals surface area contributed by atoms with Crippen LogP contribution in [0.2, 0.25) is 0 Å². The molecule has 0 aromatic heterocycles. The fraction of sp³-hybridized carbons (Fsp3) is 0.273. The van der Waals surface area contributed by atoms with Gasteiger partial charge >= 0.3 is 0 Å². The van der Waals surface area contributed by atoms with Crippen LogP contribution in [0, 0.1) is 17.8 Å². The minimum atomic E-state index is -0.538. The zero-order valence-electron chi connectivity index (χ0n) is 15.1. The van der Waals surface area contributed by atoms with Gasteiger partial charge in [0.05, 0.1) is 16.3 Å².